The molecular formula is C14H15F2NO2. The van der Waals surface area contributed by atoms with E-state index >= 15 is 0 Å². The molecule has 2 unspecified atom stereocenters. The molecule has 5 heteroatoms. The van der Waals surface area contributed by atoms with E-state index in [1.165, 1.54) is 6.07 Å². The van der Waals surface area contributed by atoms with Crippen molar-refractivity contribution in [3.63, 3.8) is 0 Å². The first-order valence-electron chi connectivity index (χ1n) is 6.31. The Hall–Kier alpha value is -1.78. The smallest absolute Gasteiger partial charge is 0.230 e. The number of carbonyl (C=O) groups is 2. The summed E-state index contributed by atoms with van der Waals surface area (Å²) in [6.45, 7) is 1.94. The van der Waals surface area contributed by atoms with Crippen LogP contribution in [0.5, 0.6) is 0 Å². The minimum atomic E-state index is -0.953. The number of hydrogen-bond donors (Lipinski definition) is 1. The third kappa shape index (κ3) is 2.80. The number of amides is 2. The number of benzene rings is 1. The summed E-state index contributed by atoms with van der Waals surface area (Å²) in [5, 5.41) is 2.29. The van der Waals surface area contributed by atoms with Crippen molar-refractivity contribution in [1.29, 1.82) is 0 Å². The molecule has 1 heterocycles. The summed E-state index contributed by atoms with van der Waals surface area (Å²) in [6.07, 6.45) is 1.52. The lowest BCUT2D eigenvalue weighted by Gasteiger charge is -2.30. The van der Waals surface area contributed by atoms with Crippen LogP contribution in [0.3, 0.4) is 0 Å². The molecule has 0 bridgehead atoms. The van der Waals surface area contributed by atoms with E-state index in [9.17, 15) is 18.4 Å². The fourth-order valence-corrected chi connectivity index (χ4v) is 2.54. The minimum Gasteiger partial charge on any atom is -0.296 e. The zero-order chi connectivity index (χ0) is 14.0. The van der Waals surface area contributed by atoms with Crippen LogP contribution in [-0.4, -0.2) is 11.8 Å². The standard InChI is InChI=1S/C14H15F2NO2/c1-2-3-9-10(7-13(18)17-14(9)19)8-4-5-11(15)12(16)6-8/h4-6,9-10H,2-3,7H2,1H3,(H,17,18,19). The van der Waals surface area contributed by atoms with Gasteiger partial charge in [0.05, 0.1) is 0 Å². The van der Waals surface area contributed by atoms with Gasteiger partial charge in [-0.15, -0.1) is 0 Å². The van der Waals surface area contributed by atoms with Gasteiger partial charge in [0.1, 0.15) is 0 Å². The first-order chi connectivity index (χ1) is 9.02. The third-order valence-corrected chi connectivity index (χ3v) is 3.46. The van der Waals surface area contributed by atoms with Gasteiger partial charge in [0.25, 0.3) is 0 Å². The van der Waals surface area contributed by atoms with Crippen molar-refractivity contribution < 1.29 is 18.4 Å². The Morgan fingerprint density at radius 3 is 2.63 bits per heavy atom. The summed E-state index contributed by atoms with van der Waals surface area (Å²) in [6, 6.07) is 3.55. The van der Waals surface area contributed by atoms with E-state index in [1.54, 1.807) is 0 Å². The van der Waals surface area contributed by atoms with Gasteiger partial charge in [-0.3, -0.25) is 14.9 Å². The van der Waals surface area contributed by atoms with Crippen LogP contribution in [0.15, 0.2) is 18.2 Å². The second-order valence-corrected chi connectivity index (χ2v) is 4.79. The molecule has 2 atom stereocenters. The second-order valence-electron chi connectivity index (χ2n) is 4.79. The first kappa shape index (κ1) is 13.6. The summed E-state index contributed by atoms with van der Waals surface area (Å²) in [7, 11) is 0. The Morgan fingerprint density at radius 1 is 1.26 bits per heavy atom. The Kier molecular flexibility index (Phi) is 3.93. The van der Waals surface area contributed by atoms with Crippen molar-refractivity contribution in [2.24, 2.45) is 5.92 Å². The highest BCUT2D eigenvalue weighted by Gasteiger charge is 2.36. The molecule has 0 aromatic heterocycles. The predicted molar refractivity (Wildman–Crippen MR) is 65.3 cm³/mol. The minimum absolute atomic E-state index is 0.126. The van der Waals surface area contributed by atoms with E-state index < -0.39 is 11.6 Å². The lowest BCUT2D eigenvalue weighted by atomic mass is 9.78. The fourth-order valence-electron chi connectivity index (χ4n) is 2.54. The summed E-state index contributed by atoms with van der Waals surface area (Å²) < 4.78 is 26.2. The average molecular weight is 267 g/mol. The Bertz CT molecular complexity index is 516. The van der Waals surface area contributed by atoms with E-state index in [1.807, 2.05) is 6.92 Å². The van der Waals surface area contributed by atoms with Gasteiger partial charge < -0.3 is 0 Å². The van der Waals surface area contributed by atoms with Crippen LogP contribution in [0, 0.1) is 17.6 Å². The van der Waals surface area contributed by atoms with Crippen LogP contribution in [0.4, 0.5) is 8.78 Å². The maximum absolute atomic E-state index is 13.3. The zero-order valence-corrected chi connectivity index (χ0v) is 10.6. The summed E-state index contributed by atoms with van der Waals surface area (Å²) in [5.41, 5.74) is 0.501. The summed E-state index contributed by atoms with van der Waals surface area (Å²) >= 11 is 0. The molecule has 0 saturated carbocycles. The SMILES string of the molecule is CCCC1C(=O)NC(=O)CC1c1ccc(F)c(F)c1. The van der Waals surface area contributed by atoms with E-state index in [2.05, 4.69) is 5.32 Å². The lowest BCUT2D eigenvalue weighted by molar-refractivity contribution is -0.137. The highest BCUT2D eigenvalue weighted by Crippen LogP contribution is 2.34. The van der Waals surface area contributed by atoms with E-state index in [0.717, 1.165) is 18.6 Å². The average Bonchev–Trinajstić information content (AvgIpc) is 2.36. The van der Waals surface area contributed by atoms with Crippen LogP contribution in [0.25, 0.3) is 0 Å². The molecule has 1 aliphatic heterocycles. The number of rotatable bonds is 3. The molecule has 1 N–H and O–H groups in total. The van der Waals surface area contributed by atoms with E-state index in [0.29, 0.717) is 12.0 Å². The highest BCUT2D eigenvalue weighted by atomic mass is 19.2. The number of piperidine rings is 1. The molecule has 1 fully saturated rings. The Balaban J connectivity index is 2.34. The molecule has 1 aliphatic rings. The Morgan fingerprint density at radius 2 is 2.00 bits per heavy atom. The molecule has 102 valence electrons. The van der Waals surface area contributed by atoms with Crippen LogP contribution < -0.4 is 5.32 Å². The molecular weight excluding hydrogens is 252 g/mol. The molecule has 1 aromatic carbocycles. The van der Waals surface area contributed by atoms with Crippen LogP contribution >= 0.6 is 0 Å². The van der Waals surface area contributed by atoms with Crippen molar-refractivity contribution in [2.75, 3.05) is 0 Å². The van der Waals surface area contributed by atoms with Crippen LogP contribution in [-0.2, 0) is 9.59 Å². The summed E-state index contributed by atoms with van der Waals surface area (Å²) in [5.74, 6) is -3.32. The highest BCUT2D eigenvalue weighted by molar-refractivity contribution is 5.99. The quantitative estimate of drug-likeness (QED) is 0.855. The molecule has 1 aromatic rings. The number of carbonyl (C=O) groups excluding carboxylic acids is 2. The topological polar surface area (TPSA) is 46.2 Å². The van der Waals surface area contributed by atoms with Crippen molar-refractivity contribution in [1.82, 2.24) is 5.32 Å². The largest absolute Gasteiger partial charge is 0.296 e. The second kappa shape index (κ2) is 5.47. The summed E-state index contributed by atoms with van der Waals surface area (Å²) in [4.78, 5) is 23.3. The number of halogens is 2. The normalized spacial score (nSPS) is 23.3. The van der Waals surface area contributed by atoms with Gasteiger partial charge in [-0.25, -0.2) is 8.78 Å². The lowest BCUT2D eigenvalue weighted by Crippen LogP contribution is -2.44. The van der Waals surface area contributed by atoms with E-state index in [4.69, 9.17) is 0 Å². The van der Waals surface area contributed by atoms with Gasteiger partial charge in [-0.1, -0.05) is 19.4 Å². The zero-order valence-electron chi connectivity index (χ0n) is 10.6. The van der Waals surface area contributed by atoms with Gasteiger partial charge in [-0.2, -0.15) is 0 Å². The first-order valence-corrected chi connectivity index (χ1v) is 6.31. The number of imide groups is 1. The van der Waals surface area contributed by atoms with Crippen molar-refractivity contribution in [3.05, 3.63) is 35.4 Å². The molecule has 0 radical (unpaired) electrons. The van der Waals surface area contributed by atoms with Gasteiger partial charge in [0, 0.05) is 18.3 Å². The van der Waals surface area contributed by atoms with Crippen molar-refractivity contribution in [3.8, 4) is 0 Å². The van der Waals surface area contributed by atoms with Crippen LogP contribution in [0.2, 0.25) is 0 Å². The monoisotopic (exact) mass is 267 g/mol. The van der Waals surface area contributed by atoms with Crippen molar-refractivity contribution >= 4 is 11.8 Å². The molecule has 2 amide bonds. The Labute approximate surface area is 110 Å². The molecule has 2 rings (SSSR count). The van der Waals surface area contributed by atoms with Gasteiger partial charge in [-0.05, 0) is 24.1 Å². The maximum Gasteiger partial charge on any atom is 0.230 e. The van der Waals surface area contributed by atoms with Gasteiger partial charge in [0.2, 0.25) is 11.8 Å². The maximum atomic E-state index is 13.3. The van der Waals surface area contributed by atoms with Crippen molar-refractivity contribution in [2.45, 2.75) is 32.1 Å². The molecule has 3 nitrogen and oxygen atoms in total. The van der Waals surface area contributed by atoms with Crippen LogP contribution in [0.1, 0.15) is 37.7 Å². The molecule has 0 aliphatic carbocycles. The molecule has 1 saturated heterocycles. The van der Waals surface area contributed by atoms with E-state index in [-0.39, 0.29) is 30.1 Å². The number of hydrogen-bond acceptors (Lipinski definition) is 2. The molecule has 19 heavy (non-hydrogen) atoms. The third-order valence-electron chi connectivity index (χ3n) is 3.46. The van der Waals surface area contributed by atoms with Gasteiger partial charge in [0.15, 0.2) is 11.6 Å². The number of nitrogens with one attached hydrogen (secondary N) is 1. The predicted octanol–water partition coefficient (Wildman–Crippen LogP) is 2.51. The fraction of sp³-hybridized carbons (Fsp3) is 0.429. The van der Waals surface area contributed by atoms with Gasteiger partial charge >= 0.3 is 0 Å². The molecule has 0 spiro atoms.